The second kappa shape index (κ2) is 6.14. The Bertz CT molecular complexity index is 229. The molecule has 4 nitrogen and oxygen atoms in total. The molecule has 2 rings (SSSR count). The van der Waals surface area contributed by atoms with Gasteiger partial charge in [0.2, 0.25) is 0 Å². The van der Waals surface area contributed by atoms with Crippen LogP contribution in [0.25, 0.3) is 0 Å². The topological polar surface area (TPSA) is 58.7 Å². The Morgan fingerprint density at radius 3 is 3.00 bits per heavy atom. The molecule has 0 bridgehead atoms. The minimum Gasteiger partial charge on any atom is -0.388 e. The minimum atomic E-state index is -0.581. The molecule has 17 heavy (non-hydrogen) atoms. The fourth-order valence-corrected chi connectivity index (χ4v) is 3.17. The number of ether oxygens (including phenoxy) is 1. The van der Waals surface area contributed by atoms with Gasteiger partial charge in [0, 0.05) is 26.2 Å². The normalized spacial score (nSPS) is 36.0. The summed E-state index contributed by atoms with van der Waals surface area (Å²) in [7, 11) is 0. The van der Waals surface area contributed by atoms with Gasteiger partial charge in [0.1, 0.15) is 0 Å². The first-order chi connectivity index (χ1) is 8.24. The lowest BCUT2D eigenvalue weighted by atomic mass is 9.88. The largest absolute Gasteiger partial charge is 0.388 e. The molecule has 0 aromatic heterocycles. The van der Waals surface area contributed by atoms with E-state index in [0.717, 1.165) is 65.0 Å². The average Bonchev–Trinajstić information content (AvgIpc) is 2.55. The number of hydrogen-bond donors (Lipinski definition) is 2. The first-order valence-electron chi connectivity index (χ1n) is 6.97. The molecule has 0 radical (unpaired) electrons. The van der Waals surface area contributed by atoms with Gasteiger partial charge < -0.3 is 20.5 Å². The van der Waals surface area contributed by atoms with Crippen LogP contribution in [0.4, 0.5) is 0 Å². The van der Waals surface area contributed by atoms with Crippen molar-refractivity contribution < 1.29 is 9.84 Å². The van der Waals surface area contributed by atoms with Gasteiger partial charge in [-0.15, -0.1) is 0 Å². The van der Waals surface area contributed by atoms with Crippen molar-refractivity contribution in [1.82, 2.24) is 4.90 Å². The molecule has 1 saturated carbocycles. The van der Waals surface area contributed by atoms with Gasteiger partial charge in [0.15, 0.2) is 0 Å². The summed E-state index contributed by atoms with van der Waals surface area (Å²) in [5.41, 5.74) is 5.13. The van der Waals surface area contributed by atoms with E-state index in [1.165, 1.54) is 0 Å². The van der Waals surface area contributed by atoms with E-state index in [2.05, 4.69) is 4.90 Å². The smallest absolute Gasteiger partial charge is 0.0797 e. The van der Waals surface area contributed by atoms with E-state index in [9.17, 15) is 5.11 Å². The van der Waals surface area contributed by atoms with Crippen LogP contribution in [-0.2, 0) is 4.74 Å². The van der Waals surface area contributed by atoms with Gasteiger partial charge in [-0.25, -0.2) is 0 Å². The first kappa shape index (κ1) is 13.3. The highest BCUT2D eigenvalue weighted by Gasteiger charge is 2.39. The van der Waals surface area contributed by atoms with Crippen molar-refractivity contribution >= 4 is 0 Å². The summed E-state index contributed by atoms with van der Waals surface area (Å²) in [5.74, 6) is 0.400. The van der Waals surface area contributed by atoms with Crippen LogP contribution in [0.2, 0.25) is 0 Å². The molecular weight excluding hydrogens is 216 g/mol. The zero-order valence-electron chi connectivity index (χ0n) is 10.7. The molecule has 2 atom stereocenters. The zero-order chi connectivity index (χ0) is 12.1. The number of rotatable bonds is 4. The maximum atomic E-state index is 10.4. The molecule has 4 heteroatoms. The molecule has 0 amide bonds. The van der Waals surface area contributed by atoms with Crippen LogP contribution in [0.3, 0.4) is 0 Å². The quantitative estimate of drug-likeness (QED) is 0.757. The van der Waals surface area contributed by atoms with E-state index in [0.29, 0.717) is 12.5 Å². The standard InChI is InChI=1S/C13H26N2O2/c14-11-13(16)5-1-3-12(13)4-7-15-6-2-9-17-10-8-15/h12,16H,1-11,14H2. The molecule has 100 valence electrons. The third-order valence-corrected chi connectivity index (χ3v) is 4.38. The molecule has 0 spiro atoms. The summed E-state index contributed by atoms with van der Waals surface area (Å²) in [6, 6.07) is 0. The first-order valence-corrected chi connectivity index (χ1v) is 6.97. The second-order valence-electron chi connectivity index (χ2n) is 5.49. The number of nitrogens with two attached hydrogens (primary N) is 1. The summed E-state index contributed by atoms with van der Waals surface area (Å²) >= 11 is 0. The Morgan fingerprint density at radius 1 is 1.29 bits per heavy atom. The van der Waals surface area contributed by atoms with Crippen LogP contribution in [0, 0.1) is 5.92 Å². The average molecular weight is 242 g/mol. The predicted molar refractivity (Wildman–Crippen MR) is 67.8 cm³/mol. The maximum absolute atomic E-state index is 10.4. The van der Waals surface area contributed by atoms with Gasteiger partial charge in [-0.2, -0.15) is 0 Å². The van der Waals surface area contributed by atoms with E-state index in [4.69, 9.17) is 10.5 Å². The predicted octanol–water partition coefficient (Wildman–Crippen LogP) is 0.589. The fourth-order valence-electron chi connectivity index (χ4n) is 3.17. The highest BCUT2D eigenvalue weighted by molar-refractivity contribution is 4.93. The molecule has 2 fully saturated rings. The highest BCUT2D eigenvalue weighted by atomic mass is 16.5. The Labute approximate surface area is 104 Å². The van der Waals surface area contributed by atoms with Crippen molar-refractivity contribution in [2.45, 2.75) is 37.7 Å². The lowest BCUT2D eigenvalue weighted by molar-refractivity contribution is 0.00452. The molecule has 2 unspecified atom stereocenters. The van der Waals surface area contributed by atoms with Gasteiger partial charge >= 0.3 is 0 Å². The van der Waals surface area contributed by atoms with E-state index in [-0.39, 0.29) is 0 Å². The number of aliphatic hydroxyl groups is 1. The van der Waals surface area contributed by atoms with Crippen molar-refractivity contribution in [2.75, 3.05) is 39.4 Å². The van der Waals surface area contributed by atoms with E-state index in [1.54, 1.807) is 0 Å². The molecule has 1 saturated heterocycles. The van der Waals surface area contributed by atoms with Crippen molar-refractivity contribution in [3.05, 3.63) is 0 Å². The Hall–Kier alpha value is -0.160. The Kier molecular flexibility index (Phi) is 4.79. The van der Waals surface area contributed by atoms with Crippen molar-refractivity contribution in [2.24, 2.45) is 11.7 Å². The lowest BCUT2D eigenvalue weighted by Crippen LogP contribution is -2.42. The van der Waals surface area contributed by atoms with E-state index in [1.807, 2.05) is 0 Å². The SMILES string of the molecule is NCC1(O)CCCC1CCN1CCCOCC1. The fraction of sp³-hybridized carbons (Fsp3) is 1.00. The Morgan fingerprint density at radius 2 is 2.18 bits per heavy atom. The third-order valence-electron chi connectivity index (χ3n) is 4.38. The van der Waals surface area contributed by atoms with Crippen LogP contribution in [-0.4, -0.2) is 55.0 Å². The van der Waals surface area contributed by atoms with Crippen LogP contribution < -0.4 is 5.73 Å². The molecule has 2 aliphatic rings. The molecule has 3 N–H and O–H groups in total. The summed E-state index contributed by atoms with van der Waals surface area (Å²) in [5, 5.41) is 10.4. The molecule has 0 aromatic carbocycles. The van der Waals surface area contributed by atoms with Gasteiger partial charge in [-0.3, -0.25) is 0 Å². The molecule has 1 aliphatic heterocycles. The van der Waals surface area contributed by atoms with Crippen LogP contribution in [0.5, 0.6) is 0 Å². The van der Waals surface area contributed by atoms with Gasteiger partial charge in [-0.05, 0) is 38.1 Å². The number of hydrogen-bond acceptors (Lipinski definition) is 4. The number of nitrogens with zero attached hydrogens (tertiary/aromatic N) is 1. The summed E-state index contributed by atoms with van der Waals surface area (Å²) in [4.78, 5) is 2.46. The lowest BCUT2D eigenvalue weighted by Gasteiger charge is -2.30. The van der Waals surface area contributed by atoms with Gasteiger partial charge in [-0.1, -0.05) is 6.42 Å². The molecular formula is C13H26N2O2. The van der Waals surface area contributed by atoms with Crippen LogP contribution in [0.1, 0.15) is 32.1 Å². The molecule has 0 aromatic rings. The van der Waals surface area contributed by atoms with Crippen molar-refractivity contribution in [1.29, 1.82) is 0 Å². The summed E-state index contributed by atoms with van der Waals surface area (Å²) in [6.07, 6.45) is 5.36. The van der Waals surface area contributed by atoms with Gasteiger partial charge in [0.25, 0.3) is 0 Å². The van der Waals surface area contributed by atoms with Crippen LogP contribution in [0.15, 0.2) is 0 Å². The van der Waals surface area contributed by atoms with Crippen molar-refractivity contribution in [3.8, 4) is 0 Å². The van der Waals surface area contributed by atoms with Gasteiger partial charge in [0.05, 0.1) is 12.2 Å². The van der Waals surface area contributed by atoms with Crippen molar-refractivity contribution in [3.63, 3.8) is 0 Å². The monoisotopic (exact) mass is 242 g/mol. The molecule has 1 heterocycles. The Balaban J connectivity index is 1.76. The highest BCUT2D eigenvalue weighted by Crippen LogP contribution is 2.37. The zero-order valence-corrected chi connectivity index (χ0v) is 10.7. The van der Waals surface area contributed by atoms with Crippen LogP contribution >= 0.6 is 0 Å². The van der Waals surface area contributed by atoms with E-state index >= 15 is 0 Å². The second-order valence-corrected chi connectivity index (χ2v) is 5.49. The summed E-state index contributed by atoms with van der Waals surface area (Å²) in [6.45, 7) is 5.41. The minimum absolute atomic E-state index is 0.400. The molecule has 1 aliphatic carbocycles. The maximum Gasteiger partial charge on any atom is 0.0797 e. The van der Waals surface area contributed by atoms with E-state index < -0.39 is 5.60 Å². The summed E-state index contributed by atoms with van der Waals surface area (Å²) < 4.78 is 5.45. The third kappa shape index (κ3) is 3.41.